The Hall–Kier alpha value is -2.09. The molecule has 1 fully saturated rings. The summed E-state index contributed by atoms with van der Waals surface area (Å²) in [5, 5.41) is 12.2. The second kappa shape index (κ2) is 5.84. The number of rotatable bonds is 2. The van der Waals surface area contributed by atoms with Crippen LogP contribution in [0.25, 0.3) is 0 Å². The topological polar surface area (TPSA) is 96.7 Å². The number of nitrogens with zero attached hydrogens (tertiary/aromatic N) is 3. The largest absolute Gasteiger partial charge is 0.479 e. The van der Waals surface area contributed by atoms with E-state index in [2.05, 4.69) is 10.3 Å². The molecule has 1 saturated heterocycles. The minimum absolute atomic E-state index is 0.0830. The molecule has 0 unspecified atom stereocenters. The molecule has 1 aromatic rings. The molecule has 1 aromatic heterocycles. The van der Waals surface area contributed by atoms with Gasteiger partial charge in [-0.15, -0.1) is 0 Å². The predicted molar refractivity (Wildman–Crippen MR) is 80.9 cm³/mol. The molecule has 0 aliphatic carbocycles. The van der Waals surface area contributed by atoms with E-state index in [1.54, 1.807) is 17.3 Å². The van der Waals surface area contributed by atoms with Gasteiger partial charge in [-0.05, 0) is 13.8 Å². The van der Waals surface area contributed by atoms with Gasteiger partial charge in [0, 0.05) is 44.4 Å². The van der Waals surface area contributed by atoms with Crippen LogP contribution in [0, 0.1) is 0 Å². The van der Waals surface area contributed by atoms with E-state index in [0.717, 1.165) is 5.82 Å². The number of urea groups is 1. The van der Waals surface area contributed by atoms with Gasteiger partial charge in [-0.2, -0.15) is 0 Å². The lowest BCUT2D eigenvalue weighted by molar-refractivity contribution is -0.185. The minimum atomic E-state index is -0.969. The second-order valence-electron chi connectivity index (χ2n) is 6.43. The fourth-order valence-electron chi connectivity index (χ4n) is 3.28. The number of amides is 2. The number of carbonyl (C=O) groups is 2. The molecule has 126 valence electrons. The van der Waals surface area contributed by atoms with Crippen molar-refractivity contribution in [2.75, 3.05) is 13.1 Å². The summed E-state index contributed by atoms with van der Waals surface area (Å²) in [5.74, 6) is -0.206. The maximum Gasteiger partial charge on any atom is 0.334 e. The van der Waals surface area contributed by atoms with E-state index in [1.807, 2.05) is 18.4 Å². The van der Waals surface area contributed by atoms with Crippen LogP contribution in [0.5, 0.6) is 0 Å². The Labute approximate surface area is 134 Å². The van der Waals surface area contributed by atoms with Crippen LogP contribution in [0.15, 0.2) is 12.4 Å². The molecule has 2 aliphatic heterocycles. The van der Waals surface area contributed by atoms with Crippen LogP contribution < -0.4 is 5.32 Å². The third-order valence-corrected chi connectivity index (χ3v) is 4.40. The van der Waals surface area contributed by atoms with E-state index in [0.29, 0.717) is 25.9 Å². The average molecular weight is 322 g/mol. The lowest BCUT2D eigenvalue weighted by atomic mass is 9.88. The van der Waals surface area contributed by atoms with Crippen LogP contribution in [-0.4, -0.2) is 56.8 Å². The zero-order valence-electron chi connectivity index (χ0n) is 13.4. The molecule has 23 heavy (non-hydrogen) atoms. The van der Waals surface area contributed by atoms with Crippen molar-refractivity contribution in [2.45, 2.75) is 51.0 Å². The summed E-state index contributed by atoms with van der Waals surface area (Å²) in [4.78, 5) is 29.6. The second-order valence-corrected chi connectivity index (χ2v) is 6.43. The Morgan fingerprint density at radius 2 is 2.13 bits per heavy atom. The van der Waals surface area contributed by atoms with Crippen molar-refractivity contribution >= 4 is 12.0 Å². The quantitative estimate of drug-likeness (QED) is 0.838. The van der Waals surface area contributed by atoms with Crippen LogP contribution in [0.3, 0.4) is 0 Å². The van der Waals surface area contributed by atoms with Crippen LogP contribution in [-0.2, 0) is 21.7 Å². The van der Waals surface area contributed by atoms with Gasteiger partial charge < -0.3 is 24.6 Å². The minimum Gasteiger partial charge on any atom is -0.479 e. The number of aromatic nitrogens is 2. The first-order valence-electron chi connectivity index (χ1n) is 7.89. The molecule has 0 saturated carbocycles. The molecule has 0 bridgehead atoms. The number of carboxylic acids is 1. The van der Waals surface area contributed by atoms with E-state index in [1.165, 1.54) is 0 Å². The molecule has 1 atom stereocenters. The van der Waals surface area contributed by atoms with Crippen LogP contribution in [0.1, 0.15) is 32.5 Å². The highest BCUT2D eigenvalue weighted by molar-refractivity contribution is 5.74. The summed E-state index contributed by atoms with van der Waals surface area (Å²) in [7, 11) is 0. The third-order valence-electron chi connectivity index (χ3n) is 4.40. The third kappa shape index (κ3) is 2.90. The van der Waals surface area contributed by atoms with Gasteiger partial charge in [-0.3, -0.25) is 0 Å². The van der Waals surface area contributed by atoms with Gasteiger partial charge in [0.05, 0.1) is 6.54 Å². The number of hydrogen-bond donors (Lipinski definition) is 2. The summed E-state index contributed by atoms with van der Waals surface area (Å²) < 4.78 is 7.78. The molecule has 3 rings (SSSR count). The number of nitrogens with one attached hydrogen (secondary N) is 1. The Kier molecular flexibility index (Phi) is 4.01. The van der Waals surface area contributed by atoms with Gasteiger partial charge in [-0.25, -0.2) is 14.6 Å². The van der Waals surface area contributed by atoms with Crippen molar-refractivity contribution in [3.63, 3.8) is 0 Å². The van der Waals surface area contributed by atoms with E-state index >= 15 is 0 Å². The standard InChI is InChI=1S/C15H22N4O4/c1-10(2)17-14(22)18-6-3-15(4-7-18)13-16-5-8-19(13)9-11(23-15)12(20)21/h5,8,10-11H,3-4,6-7,9H2,1-2H3,(H,17,22)(H,20,21)/t11-/m0/s1. The van der Waals surface area contributed by atoms with Crippen molar-refractivity contribution < 1.29 is 19.4 Å². The Morgan fingerprint density at radius 3 is 2.74 bits per heavy atom. The van der Waals surface area contributed by atoms with Crippen molar-refractivity contribution in [3.8, 4) is 0 Å². The molecule has 8 nitrogen and oxygen atoms in total. The maximum absolute atomic E-state index is 12.1. The van der Waals surface area contributed by atoms with E-state index in [4.69, 9.17) is 4.74 Å². The number of fused-ring (bicyclic) bond motifs is 2. The molecule has 2 aliphatic rings. The molecule has 0 aromatic carbocycles. The number of aliphatic carboxylic acids is 1. The summed E-state index contributed by atoms with van der Waals surface area (Å²) >= 11 is 0. The highest BCUT2D eigenvalue weighted by Gasteiger charge is 2.47. The van der Waals surface area contributed by atoms with Gasteiger partial charge in [0.1, 0.15) is 11.4 Å². The van der Waals surface area contributed by atoms with E-state index in [9.17, 15) is 14.7 Å². The number of carbonyl (C=O) groups excluding carboxylic acids is 1. The fourth-order valence-corrected chi connectivity index (χ4v) is 3.28. The van der Waals surface area contributed by atoms with Crippen LogP contribution in [0.4, 0.5) is 4.79 Å². The number of carboxylic acid groups (broad SMARTS) is 1. The van der Waals surface area contributed by atoms with Gasteiger partial charge in [0.2, 0.25) is 0 Å². The molecule has 8 heteroatoms. The first-order valence-corrected chi connectivity index (χ1v) is 7.89. The maximum atomic E-state index is 12.1. The van der Waals surface area contributed by atoms with Crippen molar-refractivity contribution in [1.82, 2.24) is 19.8 Å². The number of ether oxygens (including phenoxy) is 1. The molecule has 2 amide bonds. The summed E-state index contributed by atoms with van der Waals surface area (Å²) in [5.41, 5.74) is -0.723. The highest BCUT2D eigenvalue weighted by atomic mass is 16.5. The molecule has 0 radical (unpaired) electrons. The van der Waals surface area contributed by atoms with E-state index in [-0.39, 0.29) is 18.6 Å². The van der Waals surface area contributed by atoms with E-state index < -0.39 is 17.7 Å². The first kappa shape index (κ1) is 15.8. The molecular formula is C15H22N4O4. The smallest absolute Gasteiger partial charge is 0.334 e. The normalized spacial score (nSPS) is 22.9. The zero-order valence-corrected chi connectivity index (χ0v) is 13.4. The summed E-state index contributed by atoms with van der Waals surface area (Å²) in [6, 6.07) is -0.0107. The molecular weight excluding hydrogens is 300 g/mol. The Bertz CT molecular complexity index is 604. The fraction of sp³-hybridized carbons (Fsp3) is 0.667. The SMILES string of the molecule is CC(C)NC(=O)N1CCC2(CC1)O[C@H](C(=O)O)Cn1ccnc12. The van der Waals surface area contributed by atoms with Crippen LogP contribution >= 0.6 is 0 Å². The Morgan fingerprint density at radius 1 is 1.43 bits per heavy atom. The van der Waals surface area contributed by atoms with Crippen molar-refractivity contribution in [2.24, 2.45) is 0 Å². The molecule has 2 N–H and O–H groups in total. The first-order chi connectivity index (χ1) is 10.9. The van der Waals surface area contributed by atoms with Crippen molar-refractivity contribution in [3.05, 3.63) is 18.2 Å². The lowest BCUT2D eigenvalue weighted by Crippen LogP contribution is -2.55. The van der Waals surface area contributed by atoms with Crippen molar-refractivity contribution in [1.29, 1.82) is 0 Å². The van der Waals surface area contributed by atoms with Gasteiger partial charge in [0.25, 0.3) is 0 Å². The van der Waals surface area contributed by atoms with Gasteiger partial charge >= 0.3 is 12.0 Å². The number of imidazole rings is 1. The average Bonchev–Trinajstić information content (AvgIpc) is 2.96. The van der Waals surface area contributed by atoms with Gasteiger partial charge in [0.15, 0.2) is 6.10 Å². The highest BCUT2D eigenvalue weighted by Crippen LogP contribution is 2.40. The summed E-state index contributed by atoms with van der Waals surface area (Å²) in [6.07, 6.45) is 3.65. The number of likely N-dealkylation sites (tertiary alicyclic amines) is 1. The number of piperidine rings is 1. The number of hydrogen-bond acceptors (Lipinski definition) is 4. The lowest BCUT2D eigenvalue weighted by Gasteiger charge is -2.45. The monoisotopic (exact) mass is 322 g/mol. The van der Waals surface area contributed by atoms with Crippen LogP contribution in [0.2, 0.25) is 0 Å². The molecule has 1 spiro atoms. The Balaban J connectivity index is 1.76. The predicted octanol–water partition coefficient (Wildman–Crippen LogP) is 0.776. The summed E-state index contributed by atoms with van der Waals surface area (Å²) in [6.45, 7) is 5.13. The molecule has 3 heterocycles. The van der Waals surface area contributed by atoms with Gasteiger partial charge in [-0.1, -0.05) is 0 Å². The zero-order chi connectivity index (χ0) is 16.6.